The largest absolute Gasteiger partial charge is 0.396 e. The highest BCUT2D eigenvalue weighted by molar-refractivity contribution is 5.95. The fraction of sp³-hybridized carbons (Fsp3) is 0.500. The van der Waals surface area contributed by atoms with Gasteiger partial charge in [0.25, 0.3) is 5.91 Å². The van der Waals surface area contributed by atoms with Crippen LogP contribution in [-0.4, -0.2) is 58.7 Å². The van der Waals surface area contributed by atoms with Crippen LogP contribution in [0, 0.1) is 12.8 Å². The topological polar surface area (TPSA) is 78.4 Å². The molecule has 1 aliphatic rings. The van der Waals surface area contributed by atoms with E-state index in [0.29, 0.717) is 18.0 Å². The van der Waals surface area contributed by atoms with Crippen LogP contribution in [-0.2, 0) is 6.42 Å². The zero-order valence-electron chi connectivity index (χ0n) is 16.8. The molecule has 2 aromatic rings. The molecular formula is C22H30N4O2. The standard InChI is InChI=1S/C22H30N4O2/c1-3-18-13-24-16(2)25-21(18)19-7-4-8-20(12-19)22(28)23-9-11-26-10-5-6-17(14-26)15-27/h4,7-8,12-13,17,27H,3,5-6,9-11,14-15H2,1-2H3,(H,23,28)/t17-/m0/s1. The molecule has 6 nitrogen and oxygen atoms in total. The molecule has 0 bridgehead atoms. The third kappa shape index (κ3) is 5.14. The van der Waals surface area contributed by atoms with Crippen molar-refractivity contribution in [3.63, 3.8) is 0 Å². The number of amides is 1. The maximum absolute atomic E-state index is 12.6. The van der Waals surface area contributed by atoms with Crippen molar-refractivity contribution in [2.45, 2.75) is 33.1 Å². The van der Waals surface area contributed by atoms with Gasteiger partial charge in [0, 0.05) is 43.6 Å². The lowest BCUT2D eigenvalue weighted by Crippen LogP contribution is -2.41. The molecule has 2 N–H and O–H groups in total. The maximum Gasteiger partial charge on any atom is 0.251 e. The van der Waals surface area contributed by atoms with E-state index in [0.717, 1.165) is 61.5 Å². The third-order valence-corrected chi connectivity index (χ3v) is 5.34. The molecule has 6 heteroatoms. The van der Waals surface area contributed by atoms with Crippen LogP contribution in [0.15, 0.2) is 30.5 Å². The highest BCUT2D eigenvalue weighted by Crippen LogP contribution is 2.23. The Balaban J connectivity index is 1.62. The zero-order valence-corrected chi connectivity index (χ0v) is 16.8. The van der Waals surface area contributed by atoms with Gasteiger partial charge in [-0.2, -0.15) is 0 Å². The fourth-order valence-electron chi connectivity index (χ4n) is 3.74. The molecule has 0 saturated carbocycles. The summed E-state index contributed by atoms with van der Waals surface area (Å²) in [5, 5.41) is 12.4. The van der Waals surface area contributed by atoms with E-state index in [1.807, 2.05) is 37.4 Å². The summed E-state index contributed by atoms with van der Waals surface area (Å²) in [4.78, 5) is 23.8. The Morgan fingerprint density at radius 3 is 3.04 bits per heavy atom. The van der Waals surface area contributed by atoms with Gasteiger partial charge in [0.15, 0.2) is 0 Å². The van der Waals surface area contributed by atoms with Gasteiger partial charge in [-0.3, -0.25) is 4.79 Å². The predicted octanol–water partition coefficient (Wildman–Crippen LogP) is 2.45. The normalized spacial score (nSPS) is 17.5. The van der Waals surface area contributed by atoms with Crippen LogP contribution in [0.5, 0.6) is 0 Å². The molecule has 1 aromatic carbocycles. The summed E-state index contributed by atoms with van der Waals surface area (Å²) in [7, 11) is 0. The quantitative estimate of drug-likeness (QED) is 0.769. The number of rotatable bonds is 7. The van der Waals surface area contributed by atoms with Gasteiger partial charge in [0.05, 0.1) is 5.69 Å². The molecule has 0 unspecified atom stereocenters. The maximum atomic E-state index is 12.6. The van der Waals surface area contributed by atoms with Crippen LogP contribution >= 0.6 is 0 Å². The SMILES string of the molecule is CCc1cnc(C)nc1-c1cccc(C(=O)NCCN2CCC[C@H](CO)C2)c1. The second-order valence-corrected chi connectivity index (χ2v) is 7.47. The minimum atomic E-state index is -0.0682. The number of aromatic nitrogens is 2. The summed E-state index contributed by atoms with van der Waals surface area (Å²) in [6.45, 7) is 7.57. The van der Waals surface area contributed by atoms with Gasteiger partial charge in [0.1, 0.15) is 5.82 Å². The number of piperidine rings is 1. The molecule has 1 atom stereocenters. The summed E-state index contributed by atoms with van der Waals surface area (Å²) >= 11 is 0. The number of carbonyl (C=O) groups is 1. The van der Waals surface area contributed by atoms with E-state index in [4.69, 9.17) is 0 Å². The van der Waals surface area contributed by atoms with E-state index in [9.17, 15) is 9.90 Å². The number of carbonyl (C=O) groups excluding carboxylic acids is 1. The highest BCUT2D eigenvalue weighted by atomic mass is 16.3. The lowest BCUT2D eigenvalue weighted by Gasteiger charge is -2.31. The Morgan fingerprint density at radius 1 is 1.39 bits per heavy atom. The monoisotopic (exact) mass is 382 g/mol. The molecule has 2 heterocycles. The fourth-order valence-corrected chi connectivity index (χ4v) is 3.74. The van der Waals surface area contributed by atoms with E-state index >= 15 is 0 Å². The third-order valence-electron chi connectivity index (χ3n) is 5.34. The molecule has 0 spiro atoms. The van der Waals surface area contributed by atoms with Crippen LogP contribution in [0.25, 0.3) is 11.3 Å². The number of hydrogen-bond acceptors (Lipinski definition) is 5. The van der Waals surface area contributed by atoms with Crippen LogP contribution in [0.2, 0.25) is 0 Å². The first-order chi connectivity index (χ1) is 13.6. The summed E-state index contributed by atoms with van der Waals surface area (Å²) in [5.74, 6) is 1.02. The van der Waals surface area contributed by atoms with Gasteiger partial charge in [-0.15, -0.1) is 0 Å². The van der Waals surface area contributed by atoms with Crippen LogP contribution < -0.4 is 5.32 Å². The number of likely N-dealkylation sites (tertiary alicyclic amines) is 1. The number of hydrogen-bond donors (Lipinski definition) is 2. The summed E-state index contributed by atoms with van der Waals surface area (Å²) < 4.78 is 0. The molecule has 0 radical (unpaired) electrons. The molecule has 1 fully saturated rings. The molecule has 1 aromatic heterocycles. The Hall–Kier alpha value is -2.31. The lowest BCUT2D eigenvalue weighted by atomic mass is 9.99. The predicted molar refractivity (Wildman–Crippen MR) is 110 cm³/mol. The molecule has 0 aliphatic carbocycles. The van der Waals surface area contributed by atoms with Crippen molar-refractivity contribution in [3.8, 4) is 11.3 Å². The summed E-state index contributed by atoms with van der Waals surface area (Å²) in [6.07, 6.45) is 4.91. The van der Waals surface area contributed by atoms with E-state index in [2.05, 4.69) is 27.1 Å². The Kier molecular flexibility index (Phi) is 7.12. The first-order valence-electron chi connectivity index (χ1n) is 10.1. The van der Waals surface area contributed by atoms with Crippen molar-refractivity contribution in [2.75, 3.05) is 32.8 Å². The number of aliphatic hydroxyl groups excluding tert-OH is 1. The molecule has 1 saturated heterocycles. The summed E-state index contributed by atoms with van der Waals surface area (Å²) in [6, 6.07) is 7.62. The average Bonchev–Trinajstić information content (AvgIpc) is 2.74. The van der Waals surface area contributed by atoms with Gasteiger partial charge < -0.3 is 15.3 Å². The van der Waals surface area contributed by atoms with E-state index in [-0.39, 0.29) is 12.5 Å². The van der Waals surface area contributed by atoms with Crippen LogP contribution in [0.4, 0.5) is 0 Å². The van der Waals surface area contributed by atoms with Crippen LogP contribution in [0.1, 0.15) is 41.5 Å². The first kappa shape index (κ1) is 20.4. The Labute approximate surface area is 167 Å². The number of benzene rings is 1. The number of aliphatic hydroxyl groups is 1. The lowest BCUT2D eigenvalue weighted by molar-refractivity contribution is 0.0930. The van der Waals surface area contributed by atoms with Gasteiger partial charge in [-0.1, -0.05) is 19.1 Å². The van der Waals surface area contributed by atoms with Crippen molar-refractivity contribution in [1.29, 1.82) is 0 Å². The minimum absolute atomic E-state index is 0.0682. The van der Waals surface area contributed by atoms with Crippen molar-refractivity contribution in [2.24, 2.45) is 5.92 Å². The van der Waals surface area contributed by atoms with Gasteiger partial charge >= 0.3 is 0 Å². The Bertz CT molecular complexity index is 809. The zero-order chi connectivity index (χ0) is 19.9. The van der Waals surface area contributed by atoms with Gasteiger partial charge in [-0.25, -0.2) is 9.97 Å². The molecule has 1 aliphatic heterocycles. The number of nitrogens with one attached hydrogen (secondary N) is 1. The summed E-state index contributed by atoms with van der Waals surface area (Å²) in [5.41, 5.74) is 3.55. The minimum Gasteiger partial charge on any atom is -0.396 e. The molecule has 1 amide bonds. The second kappa shape index (κ2) is 9.75. The molecule has 3 rings (SSSR count). The molecule has 28 heavy (non-hydrogen) atoms. The number of nitrogens with zero attached hydrogens (tertiary/aromatic N) is 3. The van der Waals surface area contributed by atoms with E-state index in [1.165, 1.54) is 0 Å². The number of aryl methyl sites for hydroxylation is 2. The van der Waals surface area contributed by atoms with E-state index in [1.54, 1.807) is 0 Å². The van der Waals surface area contributed by atoms with Crippen molar-refractivity contribution in [3.05, 3.63) is 47.4 Å². The van der Waals surface area contributed by atoms with E-state index < -0.39 is 0 Å². The first-order valence-corrected chi connectivity index (χ1v) is 10.1. The second-order valence-electron chi connectivity index (χ2n) is 7.47. The smallest absolute Gasteiger partial charge is 0.251 e. The van der Waals surface area contributed by atoms with Crippen molar-refractivity contribution in [1.82, 2.24) is 20.2 Å². The molecule has 150 valence electrons. The average molecular weight is 383 g/mol. The van der Waals surface area contributed by atoms with Gasteiger partial charge in [0.2, 0.25) is 0 Å². The van der Waals surface area contributed by atoms with Crippen molar-refractivity contribution >= 4 is 5.91 Å². The highest BCUT2D eigenvalue weighted by Gasteiger charge is 2.19. The Morgan fingerprint density at radius 2 is 2.25 bits per heavy atom. The van der Waals surface area contributed by atoms with Crippen molar-refractivity contribution < 1.29 is 9.90 Å². The molecular weight excluding hydrogens is 352 g/mol. The van der Waals surface area contributed by atoms with Gasteiger partial charge in [-0.05, 0) is 56.3 Å². The van der Waals surface area contributed by atoms with Crippen LogP contribution in [0.3, 0.4) is 0 Å².